The quantitative estimate of drug-likeness (QED) is 0.364. The zero-order valence-electron chi connectivity index (χ0n) is 16.1. The van der Waals surface area contributed by atoms with Gasteiger partial charge in [0.05, 0.1) is 24.1 Å². The van der Waals surface area contributed by atoms with Gasteiger partial charge in [0, 0.05) is 19.7 Å². The Morgan fingerprint density at radius 2 is 1.82 bits per heavy atom. The van der Waals surface area contributed by atoms with Gasteiger partial charge < -0.3 is 15.2 Å². The van der Waals surface area contributed by atoms with E-state index in [0.29, 0.717) is 29.9 Å². The maximum atomic E-state index is 11.7. The number of ether oxygens (including phenoxy) is 1. The van der Waals surface area contributed by atoms with Gasteiger partial charge in [-0.05, 0) is 30.9 Å². The lowest BCUT2D eigenvalue weighted by molar-refractivity contribution is -0.137. The number of aliphatic carboxylic acids is 1. The maximum absolute atomic E-state index is 11.7. The summed E-state index contributed by atoms with van der Waals surface area (Å²) in [5.74, 6) is -0.744. The van der Waals surface area contributed by atoms with Gasteiger partial charge in [-0.3, -0.25) is 4.79 Å². The van der Waals surface area contributed by atoms with E-state index in [1.165, 1.54) is 13.3 Å². The molecule has 0 radical (unpaired) electrons. The molecule has 7 heteroatoms. The molecule has 0 saturated heterocycles. The Morgan fingerprint density at radius 1 is 1.11 bits per heavy atom. The molecule has 0 spiro atoms. The van der Waals surface area contributed by atoms with Gasteiger partial charge in [0.1, 0.15) is 0 Å². The van der Waals surface area contributed by atoms with Gasteiger partial charge in [-0.15, -0.1) is 0 Å². The summed E-state index contributed by atoms with van der Waals surface area (Å²) in [5.41, 5.74) is 2.83. The second-order valence-electron chi connectivity index (χ2n) is 6.22. The Kier molecular flexibility index (Phi) is 8.14. The number of anilines is 1. The number of carboxylic acid groups (broad SMARTS) is 1. The van der Waals surface area contributed by atoms with Gasteiger partial charge in [0.15, 0.2) is 5.82 Å². The monoisotopic (exact) mass is 383 g/mol. The first-order valence-electron chi connectivity index (χ1n) is 9.16. The number of carbonyl (C=O) groups excluding carboxylic acids is 1. The molecule has 0 aliphatic heterocycles. The number of rotatable bonds is 10. The van der Waals surface area contributed by atoms with Crippen molar-refractivity contribution in [3.8, 4) is 0 Å². The van der Waals surface area contributed by atoms with Crippen LogP contribution in [0.2, 0.25) is 0 Å². The summed E-state index contributed by atoms with van der Waals surface area (Å²) in [6.07, 6.45) is 4.61. The molecular weight excluding hydrogens is 358 g/mol. The number of nitrogens with one attached hydrogen (secondary N) is 1. The molecule has 7 nitrogen and oxygen atoms in total. The number of unbranched alkanes of at least 4 members (excludes halogenated alkanes) is 2. The number of aliphatic imine (C=N–C) groups is 1. The number of hydrogen-bond donors (Lipinski definition) is 2. The standard InChI is InChI=1S/C21H25N3O4/c1-22-18-13-16(21(27)28-2)14-23-20(18)24-17(15-9-5-3-6-10-15)11-7-4-8-12-19(25)26/h3,5-6,9-10,13-14,22H,4,7-8,11-12H2,1-2H3,(H,25,26). The highest BCUT2D eigenvalue weighted by Gasteiger charge is 2.12. The van der Waals surface area contributed by atoms with Crippen LogP contribution in [0.5, 0.6) is 0 Å². The zero-order valence-corrected chi connectivity index (χ0v) is 16.1. The SMILES string of the molecule is CNc1cc(C(=O)OC)cnc1N=C(CCCCCC(=O)O)c1ccccc1. The molecule has 2 aromatic rings. The highest BCUT2D eigenvalue weighted by molar-refractivity contribution is 6.02. The van der Waals surface area contributed by atoms with E-state index in [-0.39, 0.29) is 6.42 Å². The average molecular weight is 383 g/mol. The minimum Gasteiger partial charge on any atom is -0.481 e. The molecule has 28 heavy (non-hydrogen) atoms. The molecular formula is C21H25N3O4. The molecule has 1 heterocycles. The van der Waals surface area contributed by atoms with Crippen molar-refractivity contribution in [1.29, 1.82) is 0 Å². The van der Waals surface area contributed by atoms with E-state index in [4.69, 9.17) is 14.8 Å². The molecule has 148 valence electrons. The number of hydrogen-bond acceptors (Lipinski definition) is 6. The lowest BCUT2D eigenvalue weighted by Crippen LogP contribution is -2.05. The van der Waals surface area contributed by atoms with Crippen LogP contribution in [-0.4, -0.2) is 41.9 Å². The van der Waals surface area contributed by atoms with Crippen LogP contribution in [0.15, 0.2) is 47.6 Å². The van der Waals surface area contributed by atoms with E-state index in [2.05, 4.69) is 10.3 Å². The van der Waals surface area contributed by atoms with E-state index in [1.54, 1.807) is 13.1 Å². The number of nitrogens with zero attached hydrogens (tertiary/aromatic N) is 2. The summed E-state index contributed by atoms with van der Waals surface area (Å²) < 4.78 is 4.73. The van der Waals surface area contributed by atoms with Crippen LogP contribution < -0.4 is 5.32 Å². The molecule has 0 fully saturated rings. The van der Waals surface area contributed by atoms with Crippen LogP contribution in [0, 0.1) is 0 Å². The summed E-state index contributed by atoms with van der Waals surface area (Å²) >= 11 is 0. The van der Waals surface area contributed by atoms with Crippen LogP contribution in [0.25, 0.3) is 0 Å². The van der Waals surface area contributed by atoms with Crippen molar-refractivity contribution in [2.45, 2.75) is 32.1 Å². The molecule has 0 atom stereocenters. The molecule has 0 saturated carbocycles. The van der Waals surface area contributed by atoms with Gasteiger partial charge in [-0.1, -0.05) is 36.8 Å². The largest absolute Gasteiger partial charge is 0.481 e. The lowest BCUT2D eigenvalue weighted by atomic mass is 10.0. The summed E-state index contributed by atoms with van der Waals surface area (Å²) in [5, 5.41) is 11.8. The highest BCUT2D eigenvalue weighted by atomic mass is 16.5. The fourth-order valence-electron chi connectivity index (χ4n) is 2.73. The van der Waals surface area contributed by atoms with E-state index in [0.717, 1.165) is 24.1 Å². The van der Waals surface area contributed by atoms with Gasteiger partial charge in [0.2, 0.25) is 0 Å². The Bertz CT molecular complexity index is 835. The number of carbonyl (C=O) groups is 2. The topological polar surface area (TPSA) is 101 Å². The third-order valence-electron chi connectivity index (χ3n) is 4.21. The van der Waals surface area contributed by atoms with Gasteiger partial charge in [-0.2, -0.15) is 0 Å². The summed E-state index contributed by atoms with van der Waals surface area (Å²) in [6, 6.07) is 11.5. The van der Waals surface area contributed by atoms with Crippen molar-refractivity contribution in [3.63, 3.8) is 0 Å². The second-order valence-corrected chi connectivity index (χ2v) is 6.22. The van der Waals surface area contributed by atoms with Gasteiger partial charge in [-0.25, -0.2) is 14.8 Å². The van der Waals surface area contributed by atoms with Crippen LogP contribution in [0.1, 0.15) is 48.0 Å². The number of aromatic nitrogens is 1. The Hall–Kier alpha value is -3.22. The molecule has 0 aliphatic rings. The van der Waals surface area contributed by atoms with E-state index in [1.807, 2.05) is 30.3 Å². The average Bonchev–Trinajstić information content (AvgIpc) is 2.72. The minimum atomic E-state index is -0.773. The van der Waals surface area contributed by atoms with Crippen molar-refractivity contribution in [2.24, 2.45) is 4.99 Å². The first-order chi connectivity index (χ1) is 13.5. The molecule has 0 aliphatic carbocycles. The third kappa shape index (κ3) is 6.19. The van der Waals surface area contributed by atoms with Crippen molar-refractivity contribution >= 4 is 29.2 Å². The fraction of sp³-hybridized carbons (Fsp3) is 0.333. The maximum Gasteiger partial charge on any atom is 0.339 e. The third-order valence-corrected chi connectivity index (χ3v) is 4.21. The first-order valence-corrected chi connectivity index (χ1v) is 9.16. The molecule has 2 N–H and O–H groups in total. The van der Waals surface area contributed by atoms with Gasteiger partial charge in [0.25, 0.3) is 0 Å². The van der Waals surface area contributed by atoms with Crippen molar-refractivity contribution in [1.82, 2.24) is 4.98 Å². The molecule has 0 unspecified atom stereocenters. The number of esters is 1. The zero-order chi connectivity index (χ0) is 20.4. The van der Waals surface area contributed by atoms with Crippen LogP contribution in [-0.2, 0) is 9.53 Å². The van der Waals surface area contributed by atoms with E-state index in [9.17, 15) is 9.59 Å². The van der Waals surface area contributed by atoms with Crippen LogP contribution in [0.4, 0.5) is 11.5 Å². The second kappa shape index (κ2) is 10.8. The molecule has 1 aromatic heterocycles. The summed E-state index contributed by atoms with van der Waals surface area (Å²) in [7, 11) is 3.07. The molecule has 0 amide bonds. The van der Waals surface area contributed by atoms with Crippen LogP contribution >= 0.6 is 0 Å². The molecule has 2 rings (SSSR count). The van der Waals surface area contributed by atoms with Crippen molar-refractivity contribution in [2.75, 3.05) is 19.5 Å². The molecule has 0 bridgehead atoms. The number of benzene rings is 1. The summed E-state index contributed by atoms with van der Waals surface area (Å²) in [6.45, 7) is 0. The highest BCUT2D eigenvalue weighted by Crippen LogP contribution is 2.25. The number of pyridine rings is 1. The predicted molar refractivity (Wildman–Crippen MR) is 108 cm³/mol. The van der Waals surface area contributed by atoms with Gasteiger partial charge >= 0.3 is 11.9 Å². The van der Waals surface area contributed by atoms with Crippen LogP contribution in [0.3, 0.4) is 0 Å². The van der Waals surface area contributed by atoms with E-state index >= 15 is 0 Å². The Morgan fingerprint density at radius 3 is 2.46 bits per heavy atom. The molecule has 1 aromatic carbocycles. The predicted octanol–water partition coefficient (Wildman–Crippen LogP) is 4.07. The number of carboxylic acids is 1. The van der Waals surface area contributed by atoms with Crippen molar-refractivity contribution < 1.29 is 19.4 Å². The normalized spacial score (nSPS) is 11.1. The lowest BCUT2D eigenvalue weighted by Gasteiger charge is -2.10. The fourth-order valence-corrected chi connectivity index (χ4v) is 2.73. The first kappa shape index (κ1) is 21.1. The Balaban J connectivity index is 2.25. The summed E-state index contributed by atoms with van der Waals surface area (Å²) in [4.78, 5) is 31.4. The minimum absolute atomic E-state index is 0.179. The van der Waals surface area contributed by atoms with E-state index < -0.39 is 11.9 Å². The number of methoxy groups -OCH3 is 1. The smallest absolute Gasteiger partial charge is 0.339 e. The van der Waals surface area contributed by atoms with Crippen molar-refractivity contribution in [3.05, 3.63) is 53.7 Å². The Labute approximate surface area is 164 Å².